The summed E-state index contributed by atoms with van der Waals surface area (Å²) in [6, 6.07) is 9.46. The molecule has 3 heterocycles. The largest absolute Gasteiger partial charge is 0.459 e. The number of benzene rings is 1. The highest BCUT2D eigenvalue weighted by Gasteiger charge is 2.25. The van der Waals surface area contributed by atoms with Gasteiger partial charge in [-0.2, -0.15) is 0 Å². The minimum atomic E-state index is -0.0897. The molecule has 1 amide bonds. The Kier molecular flexibility index (Phi) is 4.34. The first-order valence-corrected chi connectivity index (χ1v) is 8.78. The number of hydrogen-bond donors (Lipinski definition) is 1. The summed E-state index contributed by atoms with van der Waals surface area (Å²) in [5.74, 6) is 0.379. The van der Waals surface area contributed by atoms with Gasteiger partial charge in [-0.1, -0.05) is 11.6 Å². The number of hydrogen-bond acceptors (Lipinski definition) is 4. The molecule has 0 unspecified atom stereocenters. The number of fused-ring (bicyclic) bond motifs is 1. The molecule has 6 heteroatoms. The number of amides is 1. The number of furan rings is 1. The molecule has 1 fully saturated rings. The second kappa shape index (κ2) is 6.80. The Balaban J connectivity index is 1.39. The highest BCUT2D eigenvalue weighted by molar-refractivity contribution is 6.08. The molecule has 3 aromatic rings. The number of Topliss-reactive ketones (excluding diaryl/α,β-unsaturated/α-hetero) is 1. The highest BCUT2D eigenvalue weighted by atomic mass is 16.3. The van der Waals surface area contributed by atoms with Crippen LogP contribution in [0.3, 0.4) is 0 Å². The lowest BCUT2D eigenvalue weighted by molar-refractivity contribution is 0.0596. The molecule has 134 valence electrons. The van der Waals surface area contributed by atoms with Crippen molar-refractivity contribution in [2.75, 3.05) is 32.7 Å². The number of nitrogens with one attached hydrogen (secondary N) is 1. The van der Waals surface area contributed by atoms with Gasteiger partial charge in [-0.15, -0.1) is 0 Å². The molecule has 0 atom stereocenters. The molecular formula is C20H21N3O3. The zero-order chi connectivity index (χ0) is 18.1. The number of H-pyrrole nitrogens is 1. The van der Waals surface area contributed by atoms with Crippen molar-refractivity contribution >= 4 is 22.6 Å². The molecule has 26 heavy (non-hydrogen) atoms. The van der Waals surface area contributed by atoms with Crippen LogP contribution in [-0.2, 0) is 0 Å². The van der Waals surface area contributed by atoms with Crippen molar-refractivity contribution in [3.8, 4) is 0 Å². The molecule has 0 bridgehead atoms. The summed E-state index contributed by atoms with van der Waals surface area (Å²) in [5.41, 5.74) is 2.85. The average Bonchev–Trinajstić information content (AvgIpc) is 3.31. The lowest BCUT2D eigenvalue weighted by atomic mass is 10.1. The van der Waals surface area contributed by atoms with E-state index in [1.165, 1.54) is 6.26 Å². The minimum absolute atomic E-state index is 0.0897. The number of piperazine rings is 1. The zero-order valence-electron chi connectivity index (χ0n) is 14.7. The maximum absolute atomic E-state index is 12.7. The number of aromatic amines is 1. The van der Waals surface area contributed by atoms with Crippen LogP contribution in [0.25, 0.3) is 10.9 Å². The minimum Gasteiger partial charge on any atom is -0.459 e. The van der Waals surface area contributed by atoms with Gasteiger partial charge in [-0.25, -0.2) is 0 Å². The Hall–Kier alpha value is -2.86. The molecule has 1 saturated heterocycles. The fourth-order valence-electron chi connectivity index (χ4n) is 3.42. The van der Waals surface area contributed by atoms with E-state index < -0.39 is 0 Å². The number of carbonyl (C=O) groups is 2. The van der Waals surface area contributed by atoms with E-state index in [0.29, 0.717) is 38.5 Å². The van der Waals surface area contributed by atoms with E-state index in [2.05, 4.69) is 9.88 Å². The van der Waals surface area contributed by atoms with Gasteiger partial charge >= 0.3 is 0 Å². The molecule has 0 saturated carbocycles. The predicted molar refractivity (Wildman–Crippen MR) is 98.4 cm³/mol. The Morgan fingerprint density at radius 3 is 2.69 bits per heavy atom. The molecule has 1 N–H and O–H groups in total. The van der Waals surface area contributed by atoms with Crippen LogP contribution in [0.5, 0.6) is 0 Å². The first-order chi connectivity index (χ1) is 12.6. The number of aromatic nitrogens is 1. The molecule has 4 rings (SSSR count). The van der Waals surface area contributed by atoms with E-state index >= 15 is 0 Å². The van der Waals surface area contributed by atoms with E-state index in [0.717, 1.165) is 22.0 Å². The van der Waals surface area contributed by atoms with Gasteiger partial charge in [-0.3, -0.25) is 14.5 Å². The van der Waals surface area contributed by atoms with Gasteiger partial charge in [0, 0.05) is 48.8 Å². The van der Waals surface area contributed by atoms with Gasteiger partial charge in [0.25, 0.3) is 5.91 Å². The van der Waals surface area contributed by atoms with Crippen LogP contribution in [0.15, 0.2) is 47.2 Å². The molecule has 1 aromatic carbocycles. The molecule has 1 aliphatic rings. The third-order valence-corrected chi connectivity index (χ3v) is 4.90. The van der Waals surface area contributed by atoms with Crippen molar-refractivity contribution in [2.24, 2.45) is 0 Å². The predicted octanol–water partition coefficient (Wildman–Crippen LogP) is 2.71. The van der Waals surface area contributed by atoms with Crippen molar-refractivity contribution < 1.29 is 14.0 Å². The van der Waals surface area contributed by atoms with E-state index in [1.54, 1.807) is 23.2 Å². The number of carbonyl (C=O) groups excluding carboxylic acids is 2. The van der Waals surface area contributed by atoms with Gasteiger partial charge in [0.1, 0.15) is 0 Å². The summed E-state index contributed by atoms with van der Waals surface area (Å²) < 4.78 is 5.18. The van der Waals surface area contributed by atoms with Crippen LogP contribution in [0, 0.1) is 6.92 Å². The number of ketones is 1. The maximum atomic E-state index is 12.7. The van der Waals surface area contributed by atoms with Gasteiger partial charge in [0.05, 0.1) is 12.8 Å². The Morgan fingerprint density at radius 2 is 1.96 bits per heavy atom. The molecule has 6 nitrogen and oxygen atoms in total. The van der Waals surface area contributed by atoms with Crippen LogP contribution in [0.1, 0.15) is 26.5 Å². The Bertz CT molecular complexity index is 935. The molecule has 2 aromatic heterocycles. The summed E-state index contributed by atoms with van der Waals surface area (Å²) in [4.78, 5) is 32.1. The smallest absolute Gasteiger partial charge is 0.289 e. The fourth-order valence-corrected chi connectivity index (χ4v) is 3.42. The second-order valence-electron chi connectivity index (χ2n) is 6.72. The first-order valence-electron chi connectivity index (χ1n) is 8.78. The van der Waals surface area contributed by atoms with Crippen molar-refractivity contribution in [1.82, 2.24) is 14.8 Å². The second-order valence-corrected chi connectivity index (χ2v) is 6.72. The number of nitrogens with zero attached hydrogens (tertiary/aromatic N) is 2. The van der Waals surface area contributed by atoms with Crippen molar-refractivity contribution in [2.45, 2.75) is 6.92 Å². The maximum Gasteiger partial charge on any atom is 0.289 e. The van der Waals surface area contributed by atoms with Crippen molar-refractivity contribution in [1.29, 1.82) is 0 Å². The quantitative estimate of drug-likeness (QED) is 0.734. The first kappa shape index (κ1) is 16.6. The fraction of sp³-hybridized carbons (Fsp3) is 0.300. The number of rotatable bonds is 4. The van der Waals surface area contributed by atoms with E-state index in [4.69, 9.17) is 4.42 Å². The summed E-state index contributed by atoms with van der Waals surface area (Å²) in [6.45, 7) is 4.94. The van der Waals surface area contributed by atoms with Crippen LogP contribution >= 0.6 is 0 Å². The monoisotopic (exact) mass is 351 g/mol. The molecule has 0 aliphatic carbocycles. The third-order valence-electron chi connectivity index (χ3n) is 4.90. The van der Waals surface area contributed by atoms with E-state index in [9.17, 15) is 9.59 Å². The lowest BCUT2D eigenvalue weighted by Crippen LogP contribution is -2.49. The van der Waals surface area contributed by atoms with Crippen LogP contribution in [-0.4, -0.2) is 59.2 Å². The summed E-state index contributed by atoms with van der Waals surface area (Å²) in [5, 5.41) is 0.974. The van der Waals surface area contributed by atoms with E-state index in [-0.39, 0.29) is 11.7 Å². The summed E-state index contributed by atoms with van der Waals surface area (Å²) >= 11 is 0. The molecule has 0 radical (unpaired) electrons. The SMILES string of the molecule is Cc1ccc2[nH]cc(C(=O)CN3CCN(C(=O)c4ccco4)CC3)c2c1. The molecule has 0 spiro atoms. The van der Waals surface area contributed by atoms with Crippen molar-refractivity contribution in [3.63, 3.8) is 0 Å². The highest BCUT2D eigenvalue weighted by Crippen LogP contribution is 2.20. The average molecular weight is 351 g/mol. The van der Waals surface area contributed by atoms with Crippen LogP contribution in [0.4, 0.5) is 0 Å². The summed E-state index contributed by atoms with van der Waals surface area (Å²) in [7, 11) is 0. The molecule has 1 aliphatic heterocycles. The van der Waals surface area contributed by atoms with Gasteiger partial charge in [0.2, 0.25) is 0 Å². The van der Waals surface area contributed by atoms with Gasteiger partial charge in [0.15, 0.2) is 11.5 Å². The molecular weight excluding hydrogens is 330 g/mol. The van der Waals surface area contributed by atoms with E-state index in [1.807, 2.05) is 25.1 Å². The topological polar surface area (TPSA) is 69.6 Å². The third kappa shape index (κ3) is 3.15. The van der Waals surface area contributed by atoms with Crippen LogP contribution in [0.2, 0.25) is 0 Å². The Morgan fingerprint density at radius 1 is 1.15 bits per heavy atom. The number of aryl methyl sites for hydroxylation is 1. The lowest BCUT2D eigenvalue weighted by Gasteiger charge is -2.33. The Labute approximate surface area is 151 Å². The standard InChI is InChI=1S/C20H21N3O3/c1-14-4-5-17-15(11-14)16(12-21-17)18(24)13-22-6-8-23(9-7-22)20(25)19-3-2-10-26-19/h2-5,10-12,21H,6-9,13H2,1H3. The zero-order valence-corrected chi connectivity index (χ0v) is 14.7. The normalized spacial score (nSPS) is 15.5. The van der Waals surface area contributed by atoms with Crippen molar-refractivity contribution in [3.05, 3.63) is 59.7 Å². The van der Waals surface area contributed by atoms with Crippen LogP contribution < -0.4 is 0 Å². The summed E-state index contributed by atoms with van der Waals surface area (Å²) in [6.07, 6.45) is 3.30. The van der Waals surface area contributed by atoms with Gasteiger partial charge in [-0.05, 0) is 31.2 Å². The van der Waals surface area contributed by atoms with Gasteiger partial charge < -0.3 is 14.3 Å².